The normalized spacial score (nSPS) is 11.1. The van der Waals surface area contributed by atoms with E-state index in [0.29, 0.717) is 23.2 Å². The summed E-state index contributed by atoms with van der Waals surface area (Å²) in [5, 5.41) is 3.74. The van der Waals surface area contributed by atoms with E-state index in [1.807, 2.05) is 12.1 Å². The van der Waals surface area contributed by atoms with Gasteiger partial charge in [0, 0.05) is 23.7 Å². The van der Waals surface area contributed by atoms with Gasteiger partial charge in [-0.15, -0.1) is 11.3 Å². The van der Waals surface area contributed by atoms with E-state index < -0.39 is 0 Å². The molecule has 0 radical (unpaired) electrons. The van der Waals surface area contributed by atoms with Crippen LogP contribution in [-0.4, -0.2) is 29.2 Å². The summed E-state index contributed by atoms with van der Waals surface area (Å²) in [6.45, 7) is 4.24. The largest absolute Gasteiger partial charge is 0.497 e. The van der Waals surface area contributed by atoms with Crippen molar-refractivity contribution in [2.24, 2.45) is 0 Å². The van der Waals surface area contributed by atoms with Gasteiger partial charge in [0.2, 0.25) is 0 Å². The number of methoxy groups -OCH3 is 2. The van der Waals surface area contributed by atoms with Gasteiger partial charge in [-0.2, -0.15) is 0 Å². The van der Waals surface area contributed by atoms with Crippen molar-refractivity contribution in [1.29, 1.82) is 0 Å². The average molecular weight is 315 g/mol. The van der Waals surface area contributed by atoms with Crippen molar-refractivity contribution in [3.8, 4) is 22.3 Å². The lowest BCUT2D eigenvalue weighted by molar-refractivity contribution is 0.397. The fourth-order valence-corrected chi connectivity index (χ4v) is 3.04. The standard InChI is InChI=1S/C16H17N3O2S/c1-9(2)13-8-22-16(19-13)15-17-7-11-12(18-15)5-10(20-3)6-14(11)21-4/h5-9H,1-4H3. The lowest BCUT2D eigenvalue weighted by atomic mass is 10.2. The third-order valence-corrected chi connectivity index (χ3v) is 4.25. The van der Waals surface area contributed by atoms with Crippen LogP contribution in [0.25, 0.3) is 21.7 Å². The maximum atomic E-state index is 5.38. The molecule has 0 fully saturated rings. The van der Waals surface area contributed by atoms with E-state index in [9.17, 15) is 0 Å². The topological polar surface area (TPSA) is 57.1 Å². The summed E-state index contributed by atoms with van der Waals surface area (Å²) < 4.78 is 10.7. The first-order chi connectivity index (χ1) is 10.6. The molecule has 0 aliphatic rings. The molecule has 114 valence electrons. The number of benzene rings is 1. The summed E-state index contributed by atoms with van der Waals surface area (Å²) in [5.41, 5.74) is 1.84. The molecule has 0 N–H and O–H groups in total. The number of rotatable bonds is 4. The highest BCUT2D eigenvalue weighted by molar-refractivity contribution is 7.13. The van der Waals surface area contributed by atoms with Gasteiger partial charge in [-0.05, 0) is 5.92 Å². The molecule has 0 aliphatic carbocycles. The lowest BCUT2D eigenvalue weighted by Gasteiger charge is -2.08. The minimum atomic E-state index is 0.394. The van der Waals surface area contributed by atoms with Gasteiger partial charge in [0.15, 0.2) is 10.8 Å². The van der Waals surface area contributed by atoms with Crippen molar-refractivity contribution in [3.05, 3.63) is 29.4 Å². The molecule has 0 bridgehead atoms. The van der Waals surface area contributed by atoms with E-state index in [1.165, 1.54) is 0 Å². The first kappa shape index (κ1) is 14.7. The Bertz CT molecular complexity index is 814. The maximum Gasteiger partial charge on any atom is 0.189 e. The van der Waals surface area contributed by atoms with Gasteiger partial charge in [-0.3, -0.25) is 0 Å². The van der Waals surface area contributed by atoms with Gasteiger partial charge in [-0.25, -0.2) is 15.0 Å². The zero-order valence-electron chi connectivity index (χ0n) is 13.0. The Balaban J connectivity index is 2.11. The van der Waals surface area contributed by atoms with E-state index >= 15 is 0 Å². The molecule has 0 unspecified atom stereocenters. The quantitative estimate of drug-likeness (QED) is 0.731. The minimum absolute atomic E-state index is 0.394. The van der Waals surface area contributed by atoms with E-state index in [4.69, 9.17) is 9.47 Å². The Kier molecular flexibility index (Phi) is 3.94. The fourth-order valence-electron chi connectivity index (χ4n) is 2.12. The van der Waals surface area contributed by atoms with Crippen LogP contribution in [0.4, 0.5) is 0 Å². The molecule has 3 aromatic rings. The SMILES string of the molecule is COc1cc(OC)c2cnc(-c3nc(C(C)C)cs3)nc2c1. The van der Waals surface area contributed by atoms with Crippen LogP contribution in [0.2, 0.25) is 0 Å². The van der Waals surface area contributed by atoms with Crippen LogP contribution in [0.1, 0.15) is 25.5 Å². The highest BCUT2D eigenvalue weighted by Gasteiger charge is 2.13. The first-order valence-electron chi connectivity index (χ1n) is 6.97. The maximum absolute atomic E-state index is 5.38. The van der Waals surface area contributed by atoms with Crippen LogP contribution < -0.4 is 9.47 Å². The number of ether oxygens (including phenoxy) is 2. The second kappa shape index (κ2) is 5.88. The molecule has 2 heterocycles. The van der Waals surface area contributed by atoms with E-state index in [1.54, 1.807) is 31.8 Å². The first-order valence-corrected chi connectivity index (χ1v) is 7.85. The van der Waals surface area contributed by atoms with Crippen LogP contribution in [0, 0.1) is 0 Å². The van der Waals surface area contributed by atoms with Crippen LogP contribution in [0.3, 0.4) is 0 Å². The minimum Gasteiger partial charge on any atom is -0.497 e. The lowest BCUT2D eigenvalue weighted by Crippen LogP contribution is -1.94. The van der Waals surface area contributed by atoms with Gasteiger partial charge >= 0.3 is 0 Å². The van der Waals surface area contributed by atoms with Crippen LogP contribution in [-0.2, 0) is 0 Å². The smallest absolute Gasteiger partial charge is 0.189 e. The van der Waals surface area contributed by atoms with Crippen molar-refractivity contribution >= 4 is 22.2 Å². The molecule has 5 nitrogen and oxygen atoms in total. The van der Waals surface area contributed by atoms with E-state index in [0.717, 1.165) is 21.6 Å². The monoisotopic (exact) mass is 315 g/mol. The molecular formula is C16H17N3O2S. The second-order valence-corrected chi connectivity index (χ2v) is 6.05. The molecule has 6 heteroatoms. The van der Waals surface area contributed by atoms with Gasteiger partial charge in [-0.1, -0.05) is 13.8 Å². The highest BCUT2D eigenvalue weighted by Crippen LogP contribution is 2.31. The average Bonchev–Trinajstić information content (AvgIpc) is 3.03. The highest BCUT2D eigenvalue weighted by atomic mass is 32.1. The number of aromatic nitrogens is 3. The Hall–Kier alpha value is -2.21. The molecule has 0 saturated carbocycles. The summed E-state index contributed by atoms with van der Waals surface area (Å²) in [4.78, 5) is 13.6. The molecule has 0 aliphatic heterocycles. The molecule has 1 aromatic carbocycles. The number of fused-ring (bicyclic) bond motifs is 1. The Morgan fingerprint density at radius 1 is 1.09 bits per heavy atom. The van der Waals surface area contributed by atoms with Crippen LogP contribution in [0.5, 0.6) is 11.5 Å². The third-order valence-electron chi connectivity index (χ3n) is 3.40. The second-order valence-electron chi connectivity index (χ2n) is 5.19. The summed E-state index contributed by atoms with van der Waals surface area (Å²) >= 11 is 1.56. The van der Waals surface area contributed by atoms with E-state index in [-0.39, 0.29) is 0 Å². The van der Waals surface area contributed by atoms with Gasteiger partial charge < -0.3 is 9.47 Å². The molecule has 0 saturated heterocycles. The summed E-state index contributed by atoms with van der Waals surface area (Å²) in [5.74, 6) is 2.42. The zero-order chi connectivity index (χ0) is 15.7. The number of hydrogen-bond acceptors (Lipinski definition) is 6. The van der Waals surface area contributed by atoms with Crippen molar-refractivity contribution in [3.63, 3.8) is 0 Å². The van der Waals surface area contributed by atoms with Gasteiger partial charge in [0.05, 0.1) is 30.8 Å². The Labute approximate surface area is 133 Å². The summed E-state index contributed by atoms with van der Waals surface area (Å²) in [7, 11) is 3.25. The van der Waals surface area contributed by atoms with Crippen LogP contribution >= 0.6 is 11.3 Å². The molecule has 0 amide bonds. The van der Waals surface area contributed by atoms with Gasteiger partial charge in [0.1, 0.15) is 11.5 Å². The zero-order valence-corrected chi connectivity index (χ0v) is 13.8. The molecule has 0 spiro atoms. The molecule has 3 rings (SSSR count). The Morgan fingerprint density at radius 2 is 1.91 bits per heavy atom. The molecule has 2 aromatic heterocycles. The predicted octanol–water partition coefficient (Wildman–Crippen LogP) is 3.89. The number of hydrogen-bond donors (Lipinski definition) is 0. The summed E-state index contributed by atoms with van der Waals surface area (Å²) in [6, 6.07) is 3.70. The number of nitrogens with zero attached hydrogens (tertiary/aromatic N) is 3. The molecule has 22 heavy (non-hydrogen) atoms. The van der Waals surface area contributed by atoms with Gasteiger partial charge in [0.25, 0.3) is 0 Å². The van der Waals surface area contributed by atoms with Crippen molar-refractivity contribution in [2.45, 2.75) is 19.8 Å². The van der Waals surface area contributed by atoms with Crippen molar-refractivity contribution in [2.75, 3.05) is 14.2 Å². The van der Waals surface area contributed by atoms with Crippen molar-refractivity contribution in [1.82, 2.24) is 15.0 Å². The summed E-state index contributed by atoms with van der Waals surface area (Å²) in [6.07, 6.45) is 1.77. The van der Waals surface area contributed by atoms with Crippen LogP contribution in [0.15, 0.2) is 23.7 Å². The molecule has 0 atom stereocenters. The predicted molar refractivity (Wildman–Crippen MR) is 87.8 cm³/mol. The van der Waals surface area contributed by atoms with E-state index in [2.05, 4.69) is 34.2 Å². The fraction of sp³-hybridized carbons (Fsp3) is 0.312. The number of thiazole rings is 1. The van der Waals surface area contributed by atoms with Crippen molar-refractivity contribution < 1.29 is 9.47 Å². The molecular weight excluding hydrogens is 298 g/mol. The third kappa shape index (κ3) is 2.62. The Morgan fingerprint density at radius 3 is 2.55 bits per heavy atom.